The van der Waals surface area contributed by atoms with Gasteiger partial charge in [0.1, 0.15) is 12.4 Å². The van der Waals surface area contributed by atoms with E-state index < -0.39 is 0 Å². The van der Waals surface area contributed by atoms with Gasteiger partial charge in [-0.15, -0.1) is 11.3 Å². The average Bonchev–Trinajstić information content (AvgIpc) is 3.17. The van der Waals surface area contributed by atoms with Crippen molar-refractivity contribution < 1.29 is 19.0 Å². The molecule has 0 aliphatic carbocycles. The molecule has 0 aliphatic rings. The first-order valence-corrected chi connectivity index (χ1v) is 10.5. The molecule has 0 aliphatic heterocycles. The van der Waals surface area contributed by atoms with Gasteiger partial charge in [0.25, 0.3) is 5.91 Å². The van der Waals surface area contributed by atoms with E-state index in [0.717, 1.165) is 21.8 Å². The molecule has 0 fully saturated rings. The fraction of sp³-hybridized carbons (Fsp3) is 0.304. The number of methoxy groups -OCH3 is 2. The standard InChI is InChI=1S/C23H26N2O4S/c1-14-9-21(27-4)22(28-5)11-20(14)15(2)24-23(26)17-7-6-8-19(10-17)29-12-18-13-30-16(3)25-18/h6-11,13,15H,12H2,1-5H3,(H,24,26). The van der Waals surface area contributed by atoms with Crippen LogP contribution in [0.2, 0.25) is 0 Å². The summed E-state index contributed by atoms with van der Waals surface area (Å²) < 4.78 is 16.5. The molecule has 1 aromatic heterocycles. The molecule has 0 radical (unpaired) electrons. The summed E-state index contributed by atoms with van der Waals surface area (Å²) in [4.78, 5) is 17.2. The molecule has 2 aromatic carbocycles. The number of amides is 1. The Morgan fingerprint density at radius 3 is 2.53 bits per heavy atom. The minimum absolute atomic E-state index is 0.174. The summed E-state index contributed by atoms with van der Waals surface area (Å²) in [5, 5.41) is 6.02. The minimum atomic E-state index is -0.208. The summed E-state index contributed by atoms with van der Waals surface area (Å²) in [5.74, 6) is 1.75. The molecule has 1 heterocycles. The van der Waals surface area contributed by atoms with E-state index in [1.807, 2.05) is 50.4 Å². The number of nitrogens with one attached hydrogen (secondary N) is 1. The van der Waals surface area contributed by atoms with Crippen molar-refractivity contribution >= 4 is 17.2 Å². The highest BCUT2D eigenvalue weighted by Crippen LogP contribution is 2.33. The first-order valence-electron chi connectivity index (χ1n) is 9.58. The predicted molar refractivity (Wildman–Crippen MR) is 118 cm³/mol. The number of carbonyl (C=O) groups is 1. The van der Waals surface area contributed by atoms with Gasteiger partial charge < -0.3 is 19.5 Å². The third-order valence-corrected chi connectivity index (χ3v) is 5.56. The van der Waals surface area contributed by atoms with Crippen LogP contribution >= 0.6 is 11.3 Å². The second-order valence-electron chi connectivity index (χ2n) is 6.93. The molecule has 0 bridgehead atoms. The van der Waals surface area contributed by atoms with E-state index in [0.29, 0.717) is 29.4 Å². The van der Waals surface area contributed by atoms with E-state index >= 15 is 0 Å². The van der Waals surface area contributed by atoms with Crippen molar-refractivity contribution in [1.29, 1.82) is 0 Å². The van der Waals surface area contributed by atoms with Crippen molar-refractivity contribution in [2.75, 3.05) is 14.2 Å². The van der Waals surface area contributed by atoms with Crippen molar-refractivity contribution in [1.82, 2.24) is 10.3 Å². The summed E-state index contributed by atoms with van der Waals surface area (Å²) in [6.07, 6.45) is 0. The van der Waals surface area contributed by atoms with Crippen LogP contribution in [0.4, 0.5) is 0 Å². The van der Waals surface area contributed by atoms with Crippen molar-refractivity contribution in [3.8, 4) is 17.2 Å². The zero-order chi connectivity index (χ0) is 21.7. The van der Waals surface area contributed by atoms with Gasteiger partial charge in [0, 0.05) is 10.9 Å². The van der Waals surface area contributed by atoms with E-state index in [2.05, 4.69) is 10.3 Å². The zero-order valence-electron chi connectivity index (χ0n) is 17.8. The molecule has 3 aromatic rings. The molecule has 1 N–H and O–H groups in total. The number of benzene rings is 2. The fourth-order valence-electron chi connectivity index (χ4n) is 3.18. The molecule has 1 amide bonds. The summed E-state index contributed by atoms with van der Waals surface area (Å²) in [6.45, 7) is 6.25. The van der Waals surface area contributed by atoms with Gasteiger partial charge in [0.15, 0.2) is 11.5 Å². The molecular formula is C23H26N2O4S. The molecule has 7 heteroatoms. The van der Waals surface area contributed by atoms with Gasteiger partial charge in [0.05, 0.1) is 31.0 Å². The van der Waals surface area contributed by atoms with E-state index in [9.17, 15) is 4.79 Å². The summed E-state index contributed by atoms with van der Waals surface area (Å²) >= 11 is 1.59. The van der Waals surface area contributed by atoms with Gasteiger partial charge in [-0.1, -0.05) is 6.07 Å². The van der Waals surface area contributed by atoms with Crippen LogP contribution in [0.3, 0.4) is 0 Å². The van der Waals surface area contributed by atoms with E-state index in [1.165, 1.54) is 0 Å². The number of thiazole rings is 1. The number of hydrogen-bond donors (Lipinski definition) is 1. The Morgan fingerprint density at radius 1 is 1.13 bits per heavy atom. The fourth-order valence-corrected chi connectivity index (χ4v) is 3.78. The van der Waals surface area contributed by atoms with Gasteiger partial charge in [-0.25, -0.2) is 4.98 Å². The van der Waals surface area contributed by atoms with Gasteiger partial charge in [-0.3, -0.25) is 4.79 Å². The molecule has 30 heavy (non-hydrogen) atoms. The average molecular weight is 427 g/mol. The SMILES string of the molecule is COc1cc(C)c(C(C)NC(=O)c2cccc(OCc3csc(C)n3)c2)cc1OC. The number of aryl methyl sites for hydroxylation is 2. The Bertz CT molecular complexity index is 1030. The monoisotopic (exact) mass is 426 g/mol. The first-order chi connectivity index (χ1) is 14.4. The maximum absolute atomic E-state index is 12.8. The molecule has 0 saturated heterocycles. The van der Waals surface area contributed by atoms with Crippen LogP contribution in [-0.2, 0) is 6.61 Å². The highest BCUT2D eigenvalue weighted by molar-refractivity contribution is 7.09. The molecule has 1 unspecified atom stereocenters. The number of rotatable bonds is 8. The summed E-state index contributed by atoms with van der Waals surface area (Å²) in [5.41, 5.74) is 3.39. The molecule has 6 nitrogen and oxygen atoms in total. The normalized spacial score (nSPS) is 11.6. The number of carbonyl (C=O) groups excluding carboxylic acids is 1. The summed E-state index contributed by atoms with van der Waals surface area (Å²) in [7, 11) is 3.20. The second-order valence-corrected chi connectivity index (χ2v) is 8.00. The van der Waals surface area contributed by atoms with Crippen molar-refractivity contribution in [3.05, 3.63) is 69.2 Å². The van der Waals surface area contributed by atoms with Gasteiger partial charge in [0.2, 0.25) is 0 Å². The Morgan fingerprint density at radius 2 is 1.87 bits per heavy atom. The van der Waals surface area contributed by atoms with E-state index in [-0.39, 0.29) is 11.9 Å². The third-order valence-electron chi connectivity index (χ3n) is 4.74. The van der Waals surface area contributed by atoms with Crippen molar-refractivity contribution in [2.45, 2.75) is 33.4 Å². The summed E-state index contributed by atoms with van der Waals surface area (Å²) in [6, 6.07) is 10.7. The smallest absolute Gasteiger partial charge is 0.251 e. The number of aromatic nitrogens is 1. The van der Waals surface area contributed by atoms with Gasteiger partial charge in [-0.2, -0.15) is 0 Å². The first kappa shape index (κ1) is 21.6. The quantitative estimate of drug-likeness (QED) is 0.558. The van der Waals surface area contributed by atoms with Crippen LogP contribution < -0.4 is 19.5 Å². The number of hydrogen-bond acceptors (Lipinski definition) is 6. The lowest BCUT2D eigenvalue weighted by Gasteiger charge is -2.19. The van der Waals surface area contributed by atoms with Gasteiger partial charge >= 0.3 is 0 Å². The Hall–Kier alpha value is -3.06. The maximum atomic E-state index is 12.8. The van der Waals surface area contributed by atoms with Crippen molar-refractivity contribution in [3.63, 3.8) is 0 Å². The molecule has 0 saturated carbocycles. The van der Waals surface area contributed by atoms with Crippen molar-refractivity contribution in [2.24, 2.45) is 0 Å². The van der Waals surface area contributed by atoms with Crippen LogP contribution in [-0.4, -0.2) is 25.1 Å². The van der Waals surface area contributed by atoms with E-state index in [4.69, 9.17) is 14.2 Å². The molecular weight excluding hydrogens is 400 g/mol. The lowest BCUT2D eigenvalue weighted by atomic mass is 10.0. The Balaban J connectivity index is 1.69. The predicted octanol–water partition coefficient (Wildman–Crippen LogP) is 4.85. The lowest BCUT2D eigenvalue weighted by Crippen LogP contribution is -2.27. The third kappa shape index (κ3) is 5.10. The molecule has 0 spiro atoms. The number of nitrogens with zero attached hydrogens (tertiary/aromatic N) is 1. The largest absolute Gasteiger partial charge is 0.493 e. The topological polar surface area (TPSA) is 69.7 Å². The van der Waals surface area contributed by atoms with Crippen LogP contribution in [0.15, 0.2) is 41.8 Å². The molecule has 158 valence electrons. The molecule has 3 rings (SSSR count). The highest BCUT2D eigenvalue weighted by atomic mass is 32.1. The Labute approximate surface area is 180 Å². The zero-order valence-corrected chi connectivity index (χ0v) is 18.6. The Kier molecular flexibility index (Phi) is 6.95. The highest BCUT2D eigenvalue weighted by Gasteiger charge is 2.17. The number of ether oxygens (including phenoxy) is 3. The molecule has 1 atom stereocenters. The second kappa shape index (κ2) is 9.63. The van der Waals surface area contributed by atoms with Gasteiger partial charge in [-0.05, 0) is 62.2 Å². The minimum Gasteiger partial charge on any atom is -0.493 e. The van der Waals surface area contributed by atoms with Crippen LogP contribution in [0, 0.1) is 13.8 Å². The van der Waals surface area contributed by atoms with E-state index in [1.54, 1.807) is 37.7 Å². The maximum Gasteiger partial charge on any atom is 0.251 e. The van der Waals surface area contributed by atoms with Crippen LogP contribution in [0.5, 0.6) is 17.2 Å². The van der Waals surface area contributed by atoms with Crippen LogP contribution in [0.1, 0.15) is 45.2 Å². The lowest BCUT2D eigenvalue weighted by molar-refractivity contribution is 0.0939. The van der Waals surface area contributed by atoms with Crippen LogP contribution in [0.25, 0.3) is 0 Å².